The Bertz CT molecular complexity index is 832. The molecule has 5 nitrogen and oxygen atoms in total. The van der Waals surface area contributed by atoms with Gasteiger partial charge in [-0.05, 0) is 29.6 Å². The van der Waals surface area contributed by atoms with Gasteiger partial charge in [0, 0.05) is 29.9 Å². The molecule has 0 atom stereocenters. The van der Waals surface area contributed by atoms with Gasteiger partial charge in [0.1, 0.15) is 0 Å². The fourth-order valence-electron chi connectivity index (χ4n) is 2.41. The van der Waals surface area contributed by atoms with Gasteiger partial charge >= 0.3 is 0 Å². The number of thiophene rings is 1. The maximum absolute atomic E-state index is 12.0. The highest BCUT2D eigenvalue weighted by molar-refractivity contribution is 7.13. The highest BCUT2D eigenvalue weighted by Crippen LogP contribution is 2.29. The number of carbonyl (C=O) groups is 1. The molecule has 0 spiro atoms. The van der Waals surface area contributed by atoms with E-state index in [1.165, 1.54) is 0 Å². The van der Waals surface area contributed by atoms with Crippen LogP contribution in [0.4, 0.5) is 0 Å². The molecule has 6 heteroatoms. The Kier molecular flexibility index (Phi) is 4.99. The molecular weight excluding hydrogens is 332 g/mol. The van der Waals surface area contributed by atoms with Gasteiger partial charge in [0.2, 0.25) is 5.91 Å². The molecule has 3 aromatic heterocycles. The van der Waals surface area contributed by atoms with E-state index in [2.05, 4.69) is 27.8 Å². The molecule has 0 aliphatic rings. The van der Waals surface area contributed by atoms with Crippen LogP contribution < -0.4 is 5.32 Å². The Morgan fingerprint density at radius 3 is 2.76 bits per heavy atom. The molecule has 130 valence electrons. The van der Waals surface area contributed by atoms with E-state index in [0.29, 0.717) is 13.1 Å². The maximum atomic E-state index is 12.0. The van der Waals surface area contributed by atoms with E-state index in [4.69, 9.17) is 5.10 Å². The van der Waals surface area contributed by atoms with Crippen molar-refractivity contribution in [3.8, 4) is 21.8 Å². The van der Waals surface area contributed by atoms with Crippen LogP contribution in [-0.4, -0.2) is 27.2 Å². The Balaban J connectivity index is 1.82. The van der Waals surface area contributed by atoms with Crippen LogP contribution in [0.2, 0.25) is 0 Å². The first kappa shape index (κ1) is 17.4. The van der Waals surface area contributed by atoms with Gasteiger partial charge < -0.3 is 5.32 Å². The number of rotatable bonds is 5. The largest absolute Gasteiger partial charge is 0.354 e. The molecule has 0 aromatic carbocycles. The van der Waals surface area contributed by atoms with E-state index >= 15 is 0 Å². The first-order chi connectivity index (χ1) is 11.9. The molecule has 0 saturated carbocycles. The van der Waals surface area contributed by atoms with E-state index in [1.807, 2.05) is 49.8 Å². The highest BCUT2D eigenvalue weighted by Gasteiger charge is 2.20. The number of hydrogen-bond acceptors (Lipinski definition) is 4. The van der Waals surface area contributed by atoms with Gasteiger partial charge in [0.15, 0.2) is 0 Å². The monoisotopic (exact) mass is 354 g/mol. The Hall–Kier alpha value is -2.47. The number of aromatic nitrogens is 3. The van der Waals surface area contributed by atoms with Crippen LogP contribution in [0.15, 0.2) is 48.1 Å². The van der Waals surface area contributed by atoms with Crippen molar-refractivity contribution in [3.05, 3.63) is 48.1 Å². The summed E-state index contributed by atoms with van der Waals surface area (Å²) < 4.78 is 1.96. The smallest absolute Gasteiger partial charge is 0.225 e. The summed E-state index contributed by atoms with van der Waals surface area (Å²) in [5.74, 6) is 0.0461. The summed E-state index contributed by atoms with van der Waals surface area (Å²) in [6.07, 6.45) is 3.56. The Morgan fingerprint density at radius 2 is 2.12 bits per heavy atom. The first-order valence-electron chi connectivity index (χ1n) is 8.25. The average molecular weight is 354 g/mol. The van der Waals surface area contributed by atoms with Crippen molar-refractivity contribution >= 4 is 17.2 Å². The van der Waals surface area contributed by atoms with Crippen LogP contribution >= 0.6 is 11.3 Å². The molecule has 0 bridgehead atoms. The minimum Gasteiger partial charge on any atom is -0.354 e. The van der Waals surface area contributed by atoms with Crippen LogP contribution in [0.1, 0.15) is 20.8 Å². The molecule has 0 aliphatic carbocycles. The molecular formula is C19H22N4OS. The van der Waals surface area contributed by atoms with Gasteiger partial charge in [-0.25, -0.2) is 0 Å². The lowest BCUT2D eigenvalue weighted by Crippen LogP contribution is -2.36. The zero-order valence-corrected chi connectivity index (χ0v) is 15.5. The minimum atomic E-state index is -0.387. The summed E-state index contributed by atoms with van der Waals surface area (Å²) in [4.78, 5) is 17.4. The van der Waals surface area contributed by atoms with Gasteiger partial charge in [-0.3, -0.25) is 14.5 Å². The van der Waals surface area contributed by atoms with E-state index in [0.717, 1.165) is 21.8 Å². The molecule has 0 saturated heterocycles. The van der Waals surface area contributed by atoms with Gasteiger partial charge in [-0.1, -0.05) is 26.8 Å². The number of nitrogens with zero attached hydrogens (tertiary/aromatic N) is 3. The van der Waals surface area contributed by atoms with Crippen LogP contribution in [-0.2, 0) is 11.3 Å². The molecule has 1 N–H and O–H groups in total. The quantitative estimate of drug-likeness (QED) is 0.757. The number of amides is 1. The second-order valence-electron chi connectivity index (χ2n) is 6.86. The lowest BCUT2D eigenvalue weighted by atomic mass is 9.96. The van der Waals surface area contributed by atoms with Crippen LogP contribution in [0.25, 0.3) is 21.8 Å². The minimum absolute atomic E-state index is 0.0461. The lowest BCUT2D eigenvalue weighted by Gasteiger charge is -2.17. The average Bonchev–Trinajstić information content (AvgIpc) is 3.24. The van der Waals surface area contributed by atoms with Crippen molar-refractivity contribution in [2.45, 2.75) is 27.3 Å². The molecule has 0 unspecified atom stereocenters. The standard InChI is InChI=1S/C19H22N4OS/c1-19(2,3)18(24)21-9-10-23-16(17-7-5-11-25-17)12-15(22-23)14-6-4-8-20-13-14/h4-8,11-13H,9-10H2,1-3H3,(H,21,24). The zero-order valence-electron chi connectivity index (χ0n) is 14.7. The lowest BCUT2D eigenvalue weighted by molar-refractivity contribution is -0.128. The van der Waals surface area contributed by atoms with Crippen molar-refractivity contribution < 1.29 is 4.79 Å². The van der Waals surface area contributed by atoms with Crippen molar-refractivity contribution in [2.24, 2.45) is 5.41 Å². The molecule has 0 aliphatic heterocycles. The number of carbonyl (C=O) groups excluding carboxylic acids is 1. The summed E-state index contributed by atoms with van der Waals surface area (Å²) in [7, 11) is 0. The van der Waals surface area contributed by atoms with E-state index in [-0.39, 0.29) is 11.3 Å². The van der Waals surface area contributed by atoms with Crippen molar-refractivity contribution in [2.75, 3.05) is 6.54 Å². The fourth-order valence-corrected chi connectivity index (χ4v) is 3.15. The van der Waals surface area contributed by atoms with E-state index in [9.17, 15) is 4.79 Å². The second kappa shape index (κ2) is 7.19. The molecule has 3 heterocycles. The Labute approximate surface area is 151 Å². The van der Waals surface area contributed by atoms with Crippen molar-refractivity contribution in [1.29, 1.82) is 0 Å². The zero-order chi connectivity index (χ0) is 17.9. The summed E-state index contributed by atoms with van der Waals surface area (Å²) in [5, 5.41) is 9.76. The second-order valence-corrected chi connectivity index (χ2v) is 7.81. The predicted octanol–water partition coefficient (Wildman–Crippen LogP) is 3.84. The SMILES string of the molecule is CC(C)(C)C(=O)NCCn1nc(-c2cccnc2)cc1-c1cccs1. The topological polar surface area (TPSA) is 59.8 Å². The molecule has 0 radical (unpaired) electrons. The van der Waals surface area contributed by atoms with Crippen LogP contribution in [0.5, 0.6) is 0 Å². The summed E-state index contributed by atoms with van der Waals surface area (Å²) in [6.45, 7) is 6.90. The number of hydrogen-bond donors (Lipinski definition) is 1. The summed E-state index contributed by atoms with van der Waals surface area (Å²) in [5.41, 5.74) is 2.54. The third-order valence-corrected chi connectivity index (χ3v) is 4.69. The highest BCUT2D eigenvalue weighted by atomic mass is 32.1. The van der Waals surface area contributed by atoms with E-state index in [1.54, 1.807) is 17.5 Å². The molecule has 1 amide bonds. The van der Waals surface area contributed by atoms with Gasteiger partial charge in [0.25, 0.3) is 0 Å². The third kappa shape index (κ3) is 4.14. The molecule has 3 aromatic rings. The van der Waals surface area contributed by atoms with Crippen molar-refractivity contribution in [1.82, 2.24) is 20.1 Å². The van der Waals surface area contributed by atoms with Crippen LogP contribution in [0.3, 0.4) is 0 Å². The Morgan fingerprint density at radius 1 is 1.28 bits per heavy atom. The summed E-state index contributed by atoms with van der Waals surface area (Å²) >= 11 is 1.68. The van der Waals surface area contributed by atoms with Gasteiger partial charge in [0.05, 0.1) is 22.8 Å². The third-order valence-electron chi connectivity index (χ3n) is 3.80. The molecule has 3 rings (SSSR count). The molecule has 25 heavy (non-hydrogen) atoms. The normalized spacial score (nSPS) is 11.5. The molecule has 0 fully saturated rings. The number of pyridine rings is 1. The van der Waals surface area contributed by atoms with Crippen LogP contribution in [0, 0.1) is 5.41 Å². The van der Waals surface area contributed by atoms with E-state index < -0.39 is 0 Å². The maximum Gasteiger partial charge on any atom is 0.225 e. The number of nitrogens with one attached hydrogen (secondary N) is 1. The summed E-state index contributed by atoms with van der Waals surface area (Å²) in [6, 6.07) is 10.1. The van der Waals surface area contributed by atoms with Gasteiger partial charge in [-0.15, -0.1) is 11.3 Å². The van der Waals surface area contributed by atoms with Gasteiger partial charge in [-0.2, -0.15) is 5.10 Å². The predicted molar refractivity (Wildman–Crippen MR) is 101 cm³/mol. The fraction of sp³-hybridized carbons (Fsp3) is 0.316. The first-order valence-corrected chi connectivity index (χ1v) is 9.13. The van der Waals surface area contributed by atoms with Crippen molar-refractivity contribution in [3.63, 3.8) is 0 Å².